The molecule has 1 aromatic carbocycles. The Morgan fingerprint density at radius 1 is 1.26 bits per heavy atom. The molecule has 1 aromatic rings. The van der Waals surface area contributed by atoms with Crippen molar-refractivity contribution in [3.63, 3.8) is 0 Å². The zero-order valence-corrected chi connectivity index (χ0v) is 13.1. The molecule has 108 valence electrons. The lowest BCUT2D eigenvalue weighted by Crippen LogP contribution is -2.28. The van der Waals surface area contributed by atoms with E-state index in [0.717, 1.165) is 24.3 Å². The van der Waals surface area contributed by atoms with Gasteiger partial charge < -0.3 is 14.7 Å². The second-order valence-electron chi connectivity index (χ2n) is 5.33. The van der Waals surface area contributed by atoms with Gasteiger partial charge >= 0.3 is 0 Å². The van der Waals surface area contributed by atoms with Gasteiger partial charge in [-0.25, -0.2) is 0 Å². The molecular formula is C16H27NO2. The van der Waals surface area contributed by atoms with Gasteiger partial charge in [-0.1, -0.05) is 6.92 Å². The van der Waals surface area contributed by atoms with E-state index >= 15 is 0 Å². The van der Waals surface area contributed by atoms with Crippen LogP contribution in [-0.4, -0.2) is 32.4 Å². The minimum atomic E-state index is 0.244. The third-order valence-electron chi connectivity index (χ3n) is 3.98. The fourth-order valence-corrected chi connectivity index (χ4v) is 2.55. The number of rotatable bonds is 6. The Hall–Kier alpha value is -1.22. The highest BCUT2D eigenvalue weighted by atomic mass is 16.5. The summed E-state index contributed by atoms with van der Waals surface area (Å²) in [4.78, 5) is 2.24. The van der Waals surface area contributed by atoms with Gasteiger partial charge in [0.1, 0.15) is 5.75 Å². The van der Waals surface area contributed by atoms with Crippen molar-refractivity contribution in [3.8, 4) is 5.75 Å². The molecular weight excluding hydrogens is 238 g/mol. The fourth-order valence-electron chi connectivity index (χ4n) is 2.55. The van der Waals surface area contributed by atoms with E-state index in [-0.39, 0.29) is 6.61 Å². The quantitative estimate of drug-likeness (QED) is 0.858. The molecule has 0 bridgehead atoms. The van der Waals surface area contributed by atoms with Crippen LogP contribution in [0.4, 0.5) is 5.69 Å². The topological polar surface area (TPSA) is 32.7 Å². The smallest absolute Gasteiger partial charge is 0.125 e. The molecule has 19 heavy (non-hydrogen) atoms. The molecule has 0 saturated heterocycles. The first-order chi connectivity index (χ1) is 8.96. The number of benzene rings is 1. The van der Waals surface area contributed by atoms with Crippen molar-refractivity contribution in [3.05, 3.63) is 22.8 Å². The van der Waals surface area contributed by atoms with Crippen LogP contribution in [0.25, 0.3) is 0 Å². The molecule has 3 nitrogen and oxygen atoms in total. The third kappa shape index (κ3) is 3.41. The normalized spacial score (nSPS) is 12.4. The first-order valence-corrected chi connectivity index (χ1v) is 6.92. The molecule has 1 N–H and O–H groups in total. The molecule has 0 spiro atoms. The molecule has 0 saturated carbocycles. The van der Waals surface area contributed by atoms with Gasteiger partial charge in [0.2, 0.25) is 0 Å². The number of methoxy groups -OCH3 is 1. The minimum absolute atomic E-state index is 0.244. The van der Waals surface area contributed by atoms with Crippen LogP contribution in [0.5, 0.6) is 5.75 Å². The van der Waals surface area contributed by atoms with Crippen LogP contribution in [0.3, 0.4) is 0 Å². The van der Waals surface area contributed by atoms with Crippen molar-refractivity contribution >= 4 is 5.69 Å². The minimum Gasteiger partial charge on any atom is -0.496 e. The van der Waals surface area contributed by atoms with E-state index in [9.17, 15) is 5.11 Å². The fraction of sp³-hybridized carbons (Fsp3) is 0.625. The summed E-state index contributed by atoms with van der Waals surface area (Å²) < 4.78 is 5.46. The number of aliphatic hydroxyl groups excluding tert-OH is 1. The van der Waals surface area contributed by atoms with E-state index in [1.54, 1.807) is 7.11 Å². The lowest BCUT2D eigenvalue weighted by molar-refractivity contribution is 0.225. The second-order valence-corrected chi connectivity index (χ2v) is 5.33. The van der Waals surface area contributed by atoms with E-state index in [2.05, 4.69) is 45.7 Å². The average Bonchev–Trinajstić information content (AvgIpc) is 2.40. The number of anilines is 1. The molecule has 1 atom stereocenters. The Kier molecular flexibility index (Phi) is 5.67. The Morgan fingerprint density at radius 3 is 2.37 bits per heavy atom. The van der Waals surface area contributed by atoms with Crippen molar-refractivity contribution in [2.45, 2.75) is 34.1 Å². The SMILES string of the molecule is CCC(CO)CN(C)c1cc(C)c(OC)c(C)c1C. The van der Waals surface area contributed by atoms with Crippen LogP contribution < -0.4 is 9.64 Å². The van der Waals surface area contributed by atoms with E-state index in [4.69, 9.17) is 4.74 Å². The molecule has 0 aliphatic carbocycles. The predicted molar refractivity (Wildman–Crippen MR) is 81.3 cm³/mol. The van der Waals surface area contributed by atoms with Crippen LogP contribution in [0.15, 0.2) is 6.07 Å². The zero-order chi connectivity index (χ0) is 14.6. The Balaban J connectivity index is 3.07. The highest BCUT2D eigenvalue weighted by Crippen LogP contribution is 2.33. The van der Waals surface area contributed by atoms with Crippen molar-refractivity contribution in [2.24, 2.45) is 5.92 Å². The van der Waals surface area contributed by atoms with Crippen LogP contribution in [-0.2, 0) is 0 Å². The molecule has 3 heteroatoms. The largest absolute Gasteiger partial charge is 0.496 e. The third-order valence-corrected chi connectivity index (χ3v) is 3.98. The van der Waals surface area contributed by atoms with Gasteiger partial charge in [0.25, 0.3) is 0 Å². The molecule has 0 heterocycles. The maximum Gasteiger partial charge on any atom is 0.125 e. The first kappa shape index (κ1) is 15.8. The van der Waals surface area contributed by atoms with Crippen molar-refractivity contribution in [1.82, 2.24) is 0 Å². The maximum atomic E-state index is 9.34. The molecule has 0 fully saturated rings. The summed E-state index contributed by atoms with van der Waals surface area (Å²) in [6.45, 7) is 9.54. The van der Waals surface area contributed by atoms with Crippen LogP contribution in [0, 0.1) is 26.7 Å². The lowest BCUT2D eigenvalue weighted by atomic mass is 10.0. The molecule has 1 rings (SSSR count). The van der Waals surface area contributed by atoms with E-state index in [0.29, 0.717) is 5.92 Å². The molecule has 0 aliphatic heterocycles. The number of hydrogen-bond donors (Lipinski definition) is 1. The monoisotopic (exact) mass is 265 g/mol. The Morgan fingerprint density at radius 2 is 1.89 bits per heavy atom. The summed E-state index contributed by atoms with van der Waals surface area (Å²) in [7, 11) is 3.81. The summed E-state index contributed by atoms with van der Waals surface area (Å²) in [5.41, 5.74) is 4.83. The zero-order valence-electron chi connectivity index (χ0n) is 13.1. The van der Waals surface area contributed by atoms with Crippen LogP contribution in [0.2, 0.25) is 0 Å². The highest BCUT2D eigenvalue weighted by molar-refractivity contribution is 5.62. The summed E-state index contributed by atoms with van der Waals surface area (Å²) in [5, 5.41) is 9.34. The Bertz CT molecular complexity index is 425. The standard InChI is InChI=1S/C16H27NO2/c1-7-14(10-18)9-17(5)15-8-11(2)16(19-6)13(4)12(15)3/h8,14,18H,7,9-10H2,1-6H3. The average molecular weight is 265 g/mol. The summed E-state index contributed by atoms with van der Waals surface area (Å²) in [6.07, 6.45) is 0.994. The highest BCUT2D eigenvalue weighted by Gasteiger charge is 2.15. The van der Waals surface area contributed by atoms with Gasteiger partial charge in [-0.3, -0.25) is 0 Å². The van der Waals surface area contributed by atoms with E-state index in [1.807, 2.05) is 0 Å². The summed E-state index contributed by atoms with van der Waals surface area (Å²) in [6, 6.07) is 2.17. The summed E-state index contributed by atoms with van der Waals surface area (Å²) in [5.74, 6) is 1.30. The number of hydrogen-bond acceptors (Lipinski definition) is 3. The van der Waals surface area contributed by atoms with Gasteiger partial charge in [0.15, 0.2) is 0 Å². The molecule has 0 amide bonds. The van der Waals surface area contributed by atoms with Gasteiger partial charge in [0.05, 0.1) is 7.11 Å². The summed E-state index contributed by atoms with van der Waals surface area (Å²) >= 11 is 0. The second kappa shape index (κ2) is 6.80. The number of nitrogens with zero attached hydrogens (tertiary/aromatic N) is 1. The van der Waals surface area contributed by atoms with Gasteiger partial charge in [-0.2, -0.15) is 0 Å². The first-order valence-electron chi connectivity index (χ1n) is 6.92. The number of ether oxygens (including phenoxy) is 1. The molecule has 1 unspecified atom stereocenters. The van der Waals surface area contributed by atoms with E-state index < -0.39 is 0 Å². The van der Waals surface area contributed by atoms with Gasteiger partial charge in [0, 0.05) is 25.9 Å². The van der Waals surface area contributed by atoms with Gasteiger partial charge in [-0.15, -0.1) is 0 Å². The number of aryl methyl sites for hydroxylation is 1. The van der Waals surface area contributed by atoms with E-state index in [1.165, 1.54) is 16.8 Å². The van der Waals surface area contributed by atoms with Crippen LogP contribution in [0.1, 0.15) is 30.0 Å². The Labute approximate surface area is 117 Å². The molecule has 0 aromatic heterocycles. The van der Waals surface area contributed by atoms with Crippen molar-refractivity contribution in [2.75, 3.05) is 32.2 Å². The maximum absolute atomic E-state index is 9.34. The lowest BCUT2D eigenvalue weighted by Gasteiger charge is -2.27. The number of aliphatic hydroxyl groups is 1. The van der Waals surface area contributed by atoms with Crippen molar-refractivity contribution < 1.29 is 9.84 Å². The molecule has 0 radical (unpaired) electrons. The molecule has 0 aliphatic rings. The van der Waals surface area contributed by atoms with Gasteiger partial charge in [-0.05, 0) is 55.9 Å². The van der Waals surface area contributed by atoms with Crippen molar-refractivity contribution in [1.29, 1.82) is 0 Å². The van der Waals surface area contributed by atoms with Crippen LogP contribution >= 0.6 is 0 Å². The predicted octanol–water partition coefficient (Wildman–Crippen LogP) is 3.08.